The van der Waals surface area contributed by atoms with E-state index in [0.29, 0.717) is 25.9 Å². The fourth-order valence-corrected chi connectivity index (χ4v) is 1.42. The van der Waals surface area contributed by atoms with Gasteiger partial charge >= 0.3 is 18.1 Å². The van der Waals surface area contributed by atoms with Crippen molar-refractivity contribution in [3.8, 4) is 0 Å². The molecule has 0 aliphatic carbocycles. The highest BCUT2D eigenvalue weighted by Gasteiger charge is 2.40. The van der Waals surface area contributed by atoms with Crippen LogP contribution in [-0.4, -0.2) is 52.6 Å². The zero-order valence-electron chi connectivity index (χ0n) is 12.1. The Hall–Kier alpha value is -1.35. The Morgan fingerprint density at radius 1 is 1.14 bits per heavy atom. The number of carbonyl (C=O) groups is 2. The number of rotatable bonds is 1. The van der Waals surface area contributed by atoms with Gasteiger partial charge in [0, 0.05) is 0 Å². The molecule has 1 saturated heterocycles. The number of alkyl halides is 3. The van der Waals surface area contributed by atoms with Crippen molar-refractivity contribution in [2.24, 2.45) is 0 Å². The van der Waals surface area contributed by atoms with E-state index in [1.807, 2.05) is 0 Å². The third kappa shape index (κ3) is 7.86. The van der Waals surface area contributed by atoms with Gasteiger partial charge in [0.05, 0.1) is 0 Å². The van der Waals surface area contributed by atoms with Gasteiger partial charge in [-0.2, -0.15) is 13.2 Å². The molecular weight excluding hydrogens is 295 g/mol. The second-order valence-corrected chi connectivity index (χ2v) is 5.59. The SMILES string of the molecule is CC(C)(C)OC(=O)C1(O)CCNCC1.O=C(O)C(F)(F)F. The zero-order chi connectivity index (χ0) is 16.9. The highest BCUT2D eigenvalue weighted by atomic mass is 19.4. The van der Waals surface area contributed by atoms with Crippen molar-refractivity contribution in [2.75, 3.05) is 13.1 Å². The van der Waals surface area contributed by atoms with E-state index in [0.717, 1.165) is 0 Å². The first-order valence-electron chi connectivity index (χ1n) is 6.24. The Balaban J connectivity index is 0.000000486. The van der Waals surface area contributed by atoms with Crippen LogP contribution in [-0.2, 0) is 14.3 Å². The van der Waals surface area contributed by atoms with Crippen LogP contribution in [0.25, 0.3) is 0 Å². The fraction of sp³-hybridized carbons (Fsp3) is 0.833. The van der Waals surface area contributed by atoms with Crippen molar-refractivity contribution in [1.82, 2.24) is 5.32 Å². The topological polar surface area (TPSA) is 95.9 Å². The minimum atomic E-state index is -5.08. The van der Waals surface area contributed by atoms with Crippen LogP contribution in [0.1, 0.15) is 33.6 Å². The maximum Gasteiger partial charge on any atom is 0.490 e. The number of hydrogen-bond acceptors (Lipinski definition) is 5. The van der Waals surface area contributed by atoms with Crippen molar-refractivity contribution in [3.63, 3.8) is 0 Å². The van der Waals surface area contributed by atoms with Crippen molar-refractivity contribution in [2.45, 2.75) is 51.0 Å². The van der Waals surface area contributed by atoms with Crippen LogP contribution in [0, 0.1) is 0 Å². The Kier molecular flexibility index (Phi) is 6.62. The van der Waals surface area contributed by atoms with Crippen LogP contribution in [0.2, 0.25) is 0 Å². The van der Waals surface area contributed by atoms with E-state index in [-0.39, 0.29) is 0 Å². The van der Waals surface area contributed by atoms with E-state index in [9.17, 15) is 23.1 Å². The molecule has 0 radical (unpaired) electrons. The number of esters is 1. The minimum Gasteiger partial charge on any atom is -0.475 e. The van der Waals surface area contributed by atoms with Gasteiger partial charge in [-0.15, -0.1) is 0 Å². The summed E-state index contributed by atoms with van der Waals surface area (Å²) in [6.07, 6.45) is -4.22. The van der Waals surface area contributed by atoms with Crippen LogP contribution in [0.15, 0.2) is 0 Å². The van der Waals surface area contributed by atoms with Gasteiger partial charge in [0.25, 0.3) is 0 Å². The third-order valence-electron chi connectivity index (χ3n) is 2.45. The number of aliphatic hydroxyl groups is 1. The Labute approximate surface area is 120 Å². The first kappa shape index (κ1) is 19.7. The van der Waals surface area contributed by atoms with Crippen LogP contribution in [0.3, 0.4) is 0 Å². The summed E-state index contributed by atoms with van der Waals surface area (Å²) in [5.41, 5.74) is -1.81. The van der Waals surface area contributed by atoms with Crippen LogP contribution < -0.4 is 5.32 Å². The van der Waals surface area contributed by atoms with Crippen molar-refractivity contribution < 1.29 is 37.7 Å². The summed E-state index contributed by atoms with van der Waals surface area (Å²) in [6.45, 7) is 6.73. The second kappa shape index (κ2) is 7.08. The van der Waals surface area contributed by atoms with Crippen molar-refractivity contribution >= 4 is 11.9 Å². The normalized spacial score (nSPS) is 18.2. The predicted molar refractivity (Wildman–Crippen MR) is 66.6 cm³/mol. The average molecular weight is 315 g/mol. The van der Waals surface area contributed by atoms with Crippen molar-refractivity contribution in [1.29, 1.82) is 0 Å². The number of piperidine rings is 1. The number of carboxylic acid groups (broad SMARTS) is 1. The van der Waals surface area contributed by atoms with Gasteiger partial charge in [-0.1, -0.05) is 0 Å². The standard InChI is InChI=1S/C10H19NO3.C2HF3O2/c1-9(2,3)14-8(12)10(13)4-6-11-7-5-10;3-2(4,5)1(6)7/h11,13H,4-7H2,1-3H3;(H,6,7). The van der Waals surface area contributed by atoms with E-state index >= 15 is 0 Å². The summed E-state index contributed by atoms with van der Waals surface area (Å²) >= 11 is 0. The summed E-state index contributed by atoms with van der Waals surface area (Å²) in [5, 5.41) is 20.2. The molecular formula is C12H20F3NO5. The Morgan fingerprint density at radius 3 is 1.81 bits per heavy atom. The summed E-state index contributed by atoms with van der Waals surface area (Å²) in [6, 6.07) is 0. The molecule has 0 saturated carbocycles. The molecule has 1 aliphatic rings. The molecule has 0 spiro atoms. The number of aliphatic carboxylic acids is 1. The fourth-order valence-electron chi connectivity index (χ4n) is 1.42. The summed E-state index contributed by atoms with van der Waals surface area (Å²) < 4.78 is 36.9. The van der Waals surface area contributed by atoms with Gasteiger partial charge < -0.3 is 20.3 Å². The summed E-state index contributed by atoms with van der Waals surface area (Å²) in [4.78, 5) is 20.5. The molecule has 124 valence electrons. The third-order valence-corrected chi connectivity index (χ3v) is 2.45. The molecule has 0 atom stereocenters. The van der Waals surface area contributed by atoms with Gasteiger partial charge in [-0.05, 0) is 46.7 Å². The van der Waals surface area contributed by atoms with Gasteiger partial charge in [0.15, 0.2) is 5.60 Å². The quantitative estimate of drug-likeness (QED) is 0.627. The molecule has 0 amide bonds. The maximum atomic E-state index is 11.6. The van der Waals surface area contributed by atoms with Gasteiger partial charge in [-0.25, -0.2) is 9.59 Å². The van der Waals surface area contributed by atoms with Crippen LogP contribution in [0.5, 0.6) is 0 Å². The predicted octanol–water partition coefficient (Wildman–Crippen LogP) is 1.08. The lowest BCUT2D eigenvalue weighted by atomic mass is 9.92. The maximum absolute atomic E-state index is 11.6. The van der Waals surface area contributed by atoms with E-state index in [2.05, 4.69) is 5.32 Å². The molecule has 1 rings (SSSR count). The molecule has 3 N–H and O–H groups in total. The summed E-state index contributed by atoms with van der Waals surface area (Å²) in [7, 11) is 0. The molecule has 21 heavy (non-hydrogen) atoms. The van der Waals surface area contributed by atoms with Gasteiger partial charge in [0.2, 0.25) is 0 Å². The number of carbonyl (C=O) groups excluding carboxylic acids is 1. The molecule has 0 aromatic carbocycles. The molecule has 0 unspecified atom stereocenters. The lowest BCUT2D eigenvalue weighted by Gasteiger charge is -2.33. The monoisotopic (exact) mass is 315 g/mol. The molecule has 0 aromatic heterocycles. The Bertz CT molecular complexity index is 370. The zero-order valence-corrected chi connectivity index (χ0v) is 12.1. The molecule has 9 heteroatoms. The van der Waals surface area contributed by atoms with Gasteiger partial charge in [0.1, 0.15) is 5.60 Å². The smallest absolute Gasteiger partial charge is 0.475 e. The highest BCUT2D eigenvalue weighted by Crippen LogP contribution is 2.22. The molecule has 0 aromatic rings. The Morgan fingerprint density at radius 2 is 1.52 bits per heavy atom. The van der Waals surface area contributed by atoms with E-state index < -0.39 is 29.3 Å². The number of ether oxygens (including phenoxy) is 1. The van der Waals surface area contributed by atoms with Crippen LogP contribution >= 0.6 is 0 Å². The number of carboxylic acids is 1. The lowest BCUT2D eigenvalue weighted by Crippen LogP contribution is -2.50. The van der Waals surface area contributed by atoms with Gasteiger partial charge in [-0.3, -0.25) is 0 Å². The molecule has 1 aliphatic heterocycles. The molecule has 0 bridgehead atoms. The number of halogens is 3. The summed E-state index contributed by atoms with van der Waals surface area (Å²) in [5.74, 6) is -3.25. The van der Waals surface area contributed by atoms with E-state index in [4.69, 9.17) is 14.6 Å². The molecule has 1 fully saturated rings. The number of hydrogen-bond donors (Lipinski definition) is 3. The van der Waals surface area contributed by atoms with Crippen LogP contribution in [0.4, 0.5) is 13.2 Å². The lowest BCUT2D eigenvalue weighted by molar-refractivity contribution is -0.192. The molecule has 1 heterocycles. The van der Waals surface area contributed by atoms with E-state index in [1.165, 1.54) is 0 Å². The number of nitrogens with one attached hydrogen (secondary N) is 1. The van der Waals surface area contributed by atoms with Crippen molar-refractivity contribution in [3.05, 3.63) is 0 Å². The average Bonchev–Trinajstić information content (AvgIpc) is 2.27. The first-order valence-corrected chi connectivity index (χ1v) is 6.24. The largest absolute Gasteiger partial charge is 0.490 e. The molecule has 6 nitrogen and oxygen atoms in total. The minimum absolute atomic E-state index is 0.432. The first-order chi connectivity index (χ1) is 9.28. The highest BCUT2D eigenvalue weighted by molar-refractivity contribution is 5.79. The van der Waals surface area contributed by atoms with E-state index in [1.54, 1.807) is 20.8 Å². The second-order valence-electron chi connectivity index (χ2n) is 5.59.